The van der Waals surface area contributed by atoms with Gasteiger partial charge in [-0.2, -0.15) is 0 Å². The second kappa shape index (κ2) is 7.47. The molecule has 2 aliphatic heterocycles. The van der Waals surface area contributed by atoms with Crippen molar-refractivity contribution in [3.8, 4) is 0 Å². The normalized spacial score (nSPS) is 22.3. The van der Waals surface area contributed by atoms with Crippen LogP contribution < -0.4 is 10.2 Å². The Hall–Kier alpha value is -1.06. The number of fused-ring (bicyclic) bond motifs is 1. The van der Waals surface area contributed by atoms with E-state index in [-0.39, 0.29) is 0 Å². The van der Waals surface area contributed by atoms with Crippen LogP contribution in [0.3, 0.4) is 0 Å². The lowest BCUT2D eigenvalue weighted by atomic mass is 9.96. The van der Waals surface area contributed by atoms with E-state index in [2.05, 4.69) is 53.2 Å². The van der Waals surface area contributed by atoms with Crippen molar-refractivity contribution in [2.45, 2.75) is 32.6 Å². The molecule has 3 rings (SSSR count). The molecule has 0 spiro atoms. The first-order valence-electron chi connectivity index (χ1n) is 9.08. The van der Waals surface area contributed by atoms with Crippen LogP contribution in [-0.4, -0.2) is 50.7 Å². The maximum atomic E-state index is 3.48. The molecule has 0 radical (unpaired) electrons. The van der Waals surface area contributed by atoms with Crippen LogP contribution in [0, 0.1) is 5.92 Å². The highest BCUT2D eigenvalue weighted by atomic mass is 15.2. The Balaban J connectivity index is 1.64. The summed E-state index contributed by atoms with van der Waals surface area (Å²) in [6.07, 6.45) is 2.69. The molecule has 1 unspecified atom stereocenters. The van der Waals surface area contributed by atoms with E-state index in [0.29, 0.717) is 5.92 Å². The van der Waals surface area contributed by atoms with Gasteiger partial charge in [0.15, 0.2) is 0 Å². The van der Waals surface area contributed by atoms with E-state index in [1.807, 2.05) is 0 Å². The third-order valence-corrected chi connectivity index (χ3v) is 5.44. The van der Waals surface area contributed by atoms with Crippen LogP contribution in [-0.2, 0) is 0 Å². The SMILES string of the molecule is CCN(CC1CCNCC1)CC1CN(CC)c2ccccc21. The fourth-order valence-electron chi connectivity index (χ4n) is 4.11. The monoisotopic (exact) mass is 301 g/mol. The molecular formula is C19H31N3. The molecule has 0 amide bonds. The topological polar surface area (TPSA) is 18.5 Å². The van der Waals surface area contributed by atoms with Gasteiger partial charge in [-0.1, -0.05) is 25.1 Å². The van der Waals surface area contributed by atoms with Gasteiger partial charge in [-0.15, -0.1) is 0 Å². The Morgan fingerprint density at radius 1 is 1.14 bits per heavy atom. The summed E-state index contributed by atoms with van der Waals surface area (Å²) in [5.41, 5.74) is 3.03. The minimum Gasteiger partial charge on any atom is -0.371 e. The lowest BCUT2D eigenvalue weighted by molar-refractivity contribution is 0.205. The van der Waals surface area contributed by atoms with Crippen molar-refractivity contribution in [1.82, 2.24) is 10.2 Å². The first-order chi connectivity index (χ1) is 10.8. The molecule has 0 aromatic heterocycles. The lowest BCUT2D eigenvalue weighted by Gasteiger charge is -2.31. The van der Waals surface area contributed by atoms with Gasteiger partial charge in [0.05, 0.1) is 0 Å². The Morgan fingerprint density at radius 3 is 2.64 bits per heavy atom. The number of likely N-dealkylation sites (N-methyl/N-ethyl adjacent to an activating group) is 2. The molecule has 3 nitrogen and oxygen atoms in total. The molecule has 1 aromatic carbocycles. The summed E-state index contributed by atoms with van der Waals surface area (Å²) in [5.74, 6) is 1.57. The van der Waals surface area contributed by atoms with Crippen LogP contribution in [0.5, 0.6) is 0 Å². The Labute approximate surface area is 135 Å². The van der Waals surface area contributed by atoms with Gasteiger partial charge < -0.3 is 15.1 Å². The van der Waals surface area contributed by atoms with Gasteiger partial charge >= 0.3 is 0 Å². The van der Waals surface area contributed by atoms with Crippen LogP contribution in [0.2, 0.25) is 0 Å². The van der Waals surface area contributed by atoms with Gasteiger partial charge in [0.2, 0.25) is 0 Å². The standard InChI is InChI=1S/C19H31N3/c1-3-21(13-16-9-11-20-12-10-16)14-17-15-22(4-2)19-8-6-5-7-18(17)19/h5-8,16-17,20H,3-4,9-15H2,1-2H3. The highest BCUT2D eigenvalue weighted by Crippen LogP contribution is 2.36. The summed E-state index contributed by atoms with van der Waals surface area (Å²) in [6.45, 7) is 13.0. The Kier molecular flexibility index (Phi) is 5.37. The first kappa shape index (κ1) is 15.8. The van der Waals surface area contributed by atoms with E-state index in [1.165, 1.54) is 57.8 Å². The van der Waals surface area contributed by atoms with Crippen molar-refractivity contribution in [1.29, 1.82) is 0 Å². The molecule has 1 fully saturated rings. The summed E-state index contributed by atoms with van der Waals surface area (Å²) in [7, 11) is 0. The molecule has 2 heterocycles. The average Bonchev–Trinajstić information content (AvgIpc) is 2.93. The van der Waals surface area contributed by atoms with E-state index < -0.39 is 0 Å². The summed E-state index contributed by atoms with van der Waals surface area (Å²) in [4.78, 5) is 5.23. The summed E-state index contributed by atoms with van der Waals surface area (Å²) >= 11 is 0. The maximum absolute atomic E-state index is 3.48. The van der Waals surface area contributed by atoms with Gasteiger partial charge in [0.1, 0.15) is 0 Å². The van der Waals surface area contributed by atoms with E-state index in [0.717, 1.165) is 12.5 Å². The third kappa shape index (κ3) is 3.47. The molecule has 3 heteroatoms. The van der Waals surface area contributed by atoms with E-state index in [4.69, 9.17) is 0 Å². The van der Waals surface area contributed by atoms with E-state index in [1.54, 1.807) is 5.56 Å². The molecule has 1 atom stereocenters. The number of anilines is 1. The zero-order chi connectivity index (χ0) is 15.4. The third-order valence-electron chi connectivity index (χ3n) is 5.44. The van der Waals surface area contributed by atoms with E-state index in [9.17, 15) is 0 Å². The number of para-hydroxylation sites is 1. The zero-order valence-electron chi connectivity index (χ0n) is 14.2. The smallest absolute Gasteiger partial charge is 0.0402 e. The van der Waals surface area contributed by atoms with Gasteiger partial charge in [-0.05, 0) is 56.9 Å². The summed E-state index contributed by atoms with van der Waals surface area (Å²) < 4.78 is 0. The average molecular weight is 301 g/mol. The second-order valence-electron chi connectivity index (χ2n) is 6.84. The van der Waals surface area contributed by atoms with Gasteiger partial charge in [-0.25, -0.2) is 0 Å². The zero-order valence-corrected chi connectivity index (χ0v) is 14.2. The largest absolute Gasteiger partial charge is 0.371 e. The molecule has 0 saturated carbocycles. The van der Waals surface area contributed by atoms with Crippen molar-refractivity contribution >= 4 is 5.69 Å². The molecule has 0 bridgehead atoms. The predicted octanol–water partition coefficient (Wildman–Crippen LogP) is 2.93. The number of nitrogens with zero attached hydrogens (tertiary/aromatic N) is 2. The second-order valence-corrected chi connectivity index (χ2v) is 6.84. The molecule has 1 saturated heterocycles. The summed E-state index contributed by atoms with van der Waals surface area (Å²) in [5, 5.41) is 3.48. The van der Waals surface area contributed by atoms with Crippen molar-refractivity contribution < 1.29 is 0 Å². The molecular weight excluding hydrogens is 270 g/mol. The predicted molar refractivity (Wildman–Crippen MR) is 94.8 cm³/mol. The first-order valence-corrected chi connectivity index (χ1v) is 9.08. The van der Waals surface area contributed by atoms with Crippen molar-refractivity contribution in [2.75, 3.05) is 50.7 Å². The van der Waals surface area contributed by atoms with Gasteiger partial charge in [-0.3, -0.25) is 0 Å². The van der Waals surface area contributed by atoms with Crippen LogP contribution in [0.1, 0.15) is 38.2 Å². The van der Waals surface area contributed by atoms with Crippen molar-refractivity contribution in [2.24, 2.45) is 5.92 Å². The minimum atomic E-state index is 0.679. The number of benzene rings is 1. The van der Waals surface area contributed by atoms with Crippen molar-refractivity contribution in [3.63, 3.8) is 0 Å². The lowest BCUT2D eigenvalue weighted by Crippen LogP contribution is -2.38. The molecule has 2 aliphatic rings. The number of nitrogens with one attached hydrogen (secondary N) is 1. The highest BCUT2D eigenvalue weighted by molar-refractivity contribution is 5.60. The van der Waals surface area contributed by atoms with Gasteiger partial charge in [0.25, 0.3) is 0 Å². The molecule has 22 heavy (non-hydrogen) atoms. The fourth-order valence-corrected chi connectivity index (χ4v) is 4.11. The highest BCUT2D eigenvalue weighted by Gasteiger charge is 2.29. The van der Waals surface area contributed by atoms with Crippen LogP contribution in [0.15, 0.2) is 24.3 Å². The molecule has 1 N–H and O–H groups in total. The molecule has 1 aromatic rings. The number of rotatable bonds is 6. The number of piperidine rings is 1. The fraction of sp³-hybridized carbons (Fsp3) is 0.684. The number of hydrogen-bond acceptors (Lipinski definition) is 3. The van der Waals surface area contributed by atoms with Crippen molar-refractivity contribution in [3.05, 3.63) is 29.8 Å². The van der Waals surface area contributed by atoms with Crippen LogP contribution in [0.25, 0.3) is 0 Å². The minimum absolute atomic E-state index is 0.679. The maximum Gasteiger partial charge on any atom is 0.0402 e. The Bertz CT molecular complexity index is 468. The Morgan fingerprint density at radius 2 is 1.91 bits per heavy atom. The van der Waals surface area contributed by atoms with Gasteiger partial charge in [0, 0.05) is 37.8 Å². The quantitative estimate of drug-likeness (QED) is 0.871. The molecule has 0 aliphatic carbocycles. The van der Waals surface area contributed by atoms with Crippen LogP contribution >= 0.6 is 0 Å². The van der Waals surface area contributed by atoms with Crippen LogP contribution in [0.4, 0.5) is 5.69 Å². The van der Waals surface area contributed by atoms with E-state index >= 15 is 0 Å². The summed E-state index contributed by atoms with van der Waals surface area (Å²) in [6, 6.07) is 9.01. The number of hydrogen-bond donors (Lipinski definition) is 1. The molecule has 122 valence electrons.